The van der Waals surface area contributed by atoms with Crippen LogP contribution in [0.5, 0.6) is 0 Å². The van der Waals surface area contributed by atoms with Gasteiger partial charge >= 0.3 is 0 Å². The molecule has 7 rings (SSSR count). The van der Waals surface area contributed by atoms with Gasteiger partial charge in [0.2, 0.25) is 0 Å². The largest absolute Gasteiger partial charge is 0.378 e. The molecule has 2 aliphatic rings. The number of alkyl halides is 1. The number of pyridine rings is 1. The maximum absolute atomic E-state index is 15.0. The van der Waals surface area contributed by atoms with Crippen molar-refractivity contribution in [3.05, 3.63) is 83.8 Å². The fourth-order valence-corrected chi connectivity index (χ4v) is 5.31. The Bertz CT molecular complexity index is 1660. The highest BCUT2D eigenvalue weighted by atomic mass is 19.1. The smallest absolute Gasteiger partial charge is 0.167 e. The zero-order valence-corrected chi connectivity index (χ0v) is 20.5. The summed E-state index contributed by atoms with van der Waals surface area (Å²) in [7, 11) is 0. The van der Waals surface area contributed by atoms with E-state index in [0.29, 0.717) is 47.3 Å². The first kappa shape index (κ1) is 23.0. The Kier molecular flexibility index (Phi) is 5.45. The van der Waals surface area contributed by atoms with Crippen molar-refractivity contribution in [1.29, 1.82) is 0 Å². The quantitative estimate of drug-likeness (QED) is 0.389. The average Bonchev–Trinajstić information content (AvgIpc) is 3.65. The number of hydrogen-bond acceptors (Lipinski definition) is 6. The van der Waals surface area contributed by atoms with Crippen LogP contribution in [0, 0.1) is 5.82 Å². The highest BCUT2D eigenvalue weighted by Gasteiger charge is 2.30. The summed E-state index contributed by atoms with van der Waals surface area (Å²) < 4.78 is 38.4. The van der Waals surface area contributed by atoms with Crippen molar-refractivity contribution >= 4 is 17.0 Å². The van der Waals surface area contributed by atoms with E-state index < -0.39 is 18.0 Å². The standard InChI is InChI=1S/C28H25F2N7O/c29-21-4-2-1-3-20(21)27-32-23-7-8-24(36-10-9-25(34-36)35-11-13-38-14-12-35)33-28(23)37(27)18-5-6-19-17(15-18)16-22(30)26(19)31/h1-10,15,22,26H,11-14,16,31H2/t22?,26-/m1/s1. The summed E-state index contributed by atoms with van der Waals surface area (Å²) in [6, 6.07) is 17.1. The molecule has 0 radical (unpaired) electrons. The summed E-state index contributed by atoms with van der Waals surface area (Å²) in [6.07, 6.45) is 0.980. The van der Waals surface area contributed by atoms with Crippen molar-refractivity contribution in [3.63, 3.8) is 0 Å². The van der Waals surface area contributed by atoms with E-state index in [4.69, 9.17) is 25.5 Å². The number of hydrogen-bond donors (Lipinski definition) is 1. The third kappa shape index (κ3) is 3.75. The zero-order valence-electron chi connectivity index (χ0n) is 20.5. The molecule has 8 nitrogen and oxygen atoms in total. The van der Waals surface area contributed by atoms with Crippen molar-refractivity contribution in [1.82, 2.24) is 24.3 Å². The molecule has 10 heteroatoms. The molecule has 0 amide bonds. The maximum Gasteiger partial charge on any atom is 0.167 e. The Hall–Kier alpha value is -4.15. The topological polar surface area (TPSA) is 87.0 Å². The second-order valence-corrected chi connectivity index (χ2v) is 9.61. The number of ether oxygens (including phenoxy) is 1. The van der Waals surface area contributed by atoms with Crippen molar-refractivity contribution < 1.29 is 13.5 Å². The molecule has 0 saturated carbocycles. The van der Waals surface area contributed by atoms with Crippen LogP contribution in [0.3, 0.4) is 0 Å². The van der Waals surface area contributed by atoms with Crippen molar-refractivity contribution in [2.75, 3.05) is 31.2 Å². The lowest BCUT2D eigenvalue weighted by Crippen LogP contribution is -2.36. The minimum Gasteiger partial charge on any atom is -0.378 e. The van der Waals surface area contributed by atoms with E-state index in [9.17, 15) is 8.78 Å². The molecule has 5 aromatic rings. The van der Waals surface area contributed by atoms with Crippen LogP contribution in [-0.2, 0) is 11.2 Å². The normalized spacial score (nSPS) is 19.3. The predicted molar refractivity (Wildman–Crippen MR) is 140 cm³/mol. The van der Waals surface area contributed by atoms with E-state index >= 15 is 0 Å². The SMILES string of the molecule is N[C@@H]1c2ccc(-n3c(-c4ccccc4F)nc4ccc(-n5ccc(N6CCOCC6)n5)nc43)cc2CC1F. The van der Waals surface area contributed by atoms with Crippen LogP contribution in [0.2, 0.25) is 0 Å². The Labute approximate surface area is 217 Å². The number of halogens is 2. The van der Waals surface area contributed by atoms with Crippen molar-refractivity contribution in [2.24, 2.45) is 5.73 Å². The van der Waals surface area contributed by atoms with Crippen LogP contribution in [0.4, 0.5) is 14.6 Å². The summed E-state index contributed by atoms with van der Waals surface area (Å²) in [5, 5.41) is 4.74. The van der Waals surface area contributed by atoms with Crippen LogP contribution >= 0.6 is 0 Å². The molecule has 2 aromatic carbocycles. The van der Waals surface area contributed by atoms with Crippen LogP contribution in [-0.4, -0.2) is 56.8 Å². The second-order valence-electron chi connectivity index (χ2n) is 9.61. The fraction of sp³-hybridized carbons (Fsp3) is 0.250. The molecule has 3 aromatic heterocycles. The molecule has 38 heavy (non-hydrogen) atoms. The number of imidazole rings is 1. The number of fused-ring (bicyclic) bond motifs is 2. The highest BCUT2D eigenvalue weighted by Crippen LogP contribution is 2.36. The van der Waals surface area contributed by atoms with Gasteiger partial charge in [-0.05, 0) is 47.5 Å². The molecule has 0 bridgehead atoms. The number of morpholine rings is 1. The van der Waals surface area contributed by atoms with E-state index in [1.807, 2.05) is 47.2 Å². The fourth-order valence-electron chi connectivity index (χ4n) is 5.31. The first-order valence-electron chi connectivity index (χ1n) is 12.6. The molecule has 1 aliphatic heterocycles. The minimum atomic E-state index is -1.13. The lowest BCUT2D eigenvalue weighted by Gasteiger charge is -2.26. The third-order valence-electron chi connectivity index (χ3n) is 7.30. The molecule has 192 valence electrons. The molecule has 4 heterocycles. The lowest BCUT2D eigenvalue weighted by atomic mass is 10.1. The second kappa shape index (κ2) is 9.00. The number of aromatic nitrogens is 5. The number of nitrogens with two attached hydrogens (primary N) is 1. The van der Waals surface area contributed by atoms with Crippen LogP contribution in [0.25, 0.3) is 34.1 Å². The Morgan fingerprint density at radius 1 is 0.947 bits per heavy atom. The lowest BCUT2D eigenvalue weighted by molar-refractivity contribution is 0.122. The monoisotopic (exact) mass is 513 g/mol. The summed E-state index contributed by atoms with van der Waals surface area (Å²) in [5.74, 6) is 1.48. The van der Waals surface area contributed by atoms with Gasteiger partial charge in [0.05, 0.1) is 24.8 Å². The van der Waals surface area contributed by atoms with Crippen LogP contribution in [0.1, 0.15) is 17.2 Å². The molecular formula is C28H25F2N7O. The van der Waals surface area contributed by atoms with E-state index in [0.717, 1.165) is 30.0 Å². The average molecular weight is 514 g/mol. The van der Waals surface area contributed by atoms with Gasteiger partial charge in [0.1, 0.15) is 23.3 Å². The van der Waals surface area contributed by atoms with Crippen LogP contribution < -0.4 is 10.6 Å². The molecule has 1 saturated heterocycles. The van der Waals surface area contributed by atoms with Gasteiger partial charge in [0, 0.05) is 37.5 Å². The van der Waals surface area contributed by atoms with Crippen molar-refractivity contribution in [2.45, 2.75) is 18.6 Å². The van der Waals surface area contributed by atoms with Gasteiger partial charge in [-0.15, -0.1) is 5.10 Å². The number of benzene rings is 2. The summed E-state index contributed by atoms with van der Waals surface area (Å²) >= 11 is 0. The van der Waals surface area contributed by atoms with Gasteiger partial charge in [-0.2, -0.15) is 0 Å². The molecule has 2 N–H and O–H groups in total. The molecule has 1 unspecified atom stereocenters. The Balaban J connectivity index is 1.38. The molecule has 2 atom stereocenters. The minimum absolute atomic E-state index is 0.238. The first-order chi connectivity index (χ1) is 18.6. The van der Waals surface area contributed by atoms with Crippen molar-refractivity contribution in [3.8, 4) is 22.9 Å². The van der Waals surface area contributed by atoms with Gasteiger partial charge in [0.25, 0.3) is 0 Å². The summed E-state index contributed by atoms with van der Waals surface area (Å²) in [6.45, 7) is 2.90. The Morgan fingerprint density at radius 2 is 1.79 bits per heavy atom. The molecule has 1 aliphatic carbocycles. The maximum atomic E-state index is 15.0. The van der Waals surface area contributed by atoms with Crippen LogP contribution in [0.15, 0.2) is 66.9 Å². The van der Waals surface area contributed by atoms with E-state index in [2.05, 4.69) is 4.90 Å². The molecule has 0 spiro atoms. The summed E-state index contributed by atoms with van der Waals surface area (Å²) in [4.78, 5) is 11.9. The van der Waals surface area contributed by atoms with Gasteiger partial charge < -0.3 is 15.4 Å². The van der Waals surface area contributed by atoms with Gasteiger partial charge in [-0.3, -0.25) is 4.57 Å². The molecule has 1 fully saturated rings. The molecular weight excluding hydrogens is 488 g/mol. The predicted octanol–water partition coefficient (Wildman–Crippen LogP) is 4.14. The van der Waals surface area contributed by atoms with E-state index in [1.165, 1.54) is 6.07 Å². The highest BCUT2D eigenvalue weighted by molar-refractivity contribution is 5.81. The zero-order chi connectivity index (χ0) is 25.8. The Morgan fingerprint density at radius 3 is 2.63 bits per heavy atom. The van der Waals surface area contributed by atoms with E-state index in [1.54, 1.807) is 22.9 Å². The van der Waals surface area contributed by atoms with Gasteiger partial charge in [0.15, 0.2) is 17.3 Å². The van der Waals surface area contributed by atoms with Gasteiger partial charge in [-0.1, -0.05) is 18.2 Å². The van der Waals surface area contributed by atoms with Gasteiger partial charge in [-0.25, -0.2) is 23.4 Å². The third-order valence-corrected chi connectivity index (χ3v) is 7.30. The summed E-state index contributed by atoms with van der Waals surface area (Å²) in [5.41, 5.74) is 9.89. The number of nitrogens with zero attached hydrogens (tertiary/aromatic N) is 6. The number of anilines is 1. The van der Waals surface area contributed by atoms with E-state index in [-0.39, 0.29) is 6.42 Å². The number of rotatable bonds is 4. The first-order valence-corrected chi connectivity index (χ1v) is 12.6.